The zero-order valence-electron chi connectivity index (χ0n) is 15.2. The molecule has 0 N–H and O–H groups in total. The van der Waals surface area contributed by atoms with Gasteiger partial charge in [-0.05, 0) is 42.7 Å². The molecule has 0 aliphatic carbocycles. The lowest BCUT2D eigenvalue weighted by Crippen LogP contribution is -2.41. The summed E-state index contributed by atoms with van der Waals surface area (Å²) in [6.07, 6.45) is 4.35. The molecule has 0 saturated carbocycles. The Morgan fingerprint density at radius 1 is 1.19 bits per heavy atom. The molecule has 1 aromatic carbocycles. The number of hydrogen-bond acceptors (Lipinski definition) is 5. The lowest BCUT2D eigenvalue weighted by molar-refractivity contribution is -0.0824. The zero-order valence-corrected chi connectivity index (χ0v) is 15.2. The Kier molecular flexibility index (Phi) is 5.48. The van der Waals surface area contributed by atoms with Gasteiger partial charge in [0.2, 0.25) is 0 Å². The van der Waals surface area contributed by atoms with E-state index in [9.17, 15) is 0 Å². The Bertz CT molecular complexity index is 692. The summed E-state index contributed by atoms with van der Waals surface area (Å²) in [5, 5.41) is 0. The zero-order chi connectivity index (χ0) is 17.8. The SMILES string of the molecule is COc1ccc(CN2C[C@@H](OCc3ccccn3)[C@@H]3OCCC[C@@H]32)cc1. The number of pyridine rings is 1. The summed E-state index contributed by atoms with van der Waals surface area (Å²) in [6, 6.07) is 14.7. The lowest BCUT2D eigenvalue weighted by atomic mass is 10.0. The van der Waals surface area contributed by atoms with Crippen molar-refractivity contribution >= 4 is 0 Å². The molecule has 3 heterocycles. The Labute approximate surface area is 154 Å². The second-order valence-electron chi connectivity index (χ2n) is 6.99. The monoisotopic (exact) mass is 354 g/mol. The number of benzene rings is 1. The average Bonchev–Trinajstić information content (AvgIpc) is 3.05. The fourth-order valence-corrected chi connectivity index (χ4v) is 3.97. The lowest BCUT2D eigenvalue weighted by Gasteiger charge is -2.32. The topological polar surface area (TPSA) is 43.8 Å². The third-order valence-electron chi connectivity index (χ3n) is 5.30. The normalized spacial score (nSPS) is 25.8. The maximum absolute atomic E-state index is 6.21. The van der Waals surface area contributed by atoms with E-state index in [1.165, 1.54) is 12.0 Å². The number of ether oxygens (including phenoxy) is 3. The van der Waals surface area contributed by atoms with Gasteiger partial charge in [-0.2, -0.15) is 0 Å². The molecule has 0 bridgehead atoms. The van der Waals surface area contributed by atoms with Gasteiger partial charge in [0.1, 0.15) is 11.9 Å². The fraction of sp³-hybridized carbons (Fsp3) is 0.476. The van der Waals surface area contributed by atoms with Crippen molar-refractivity contribution in [3.05, 3.63) is 59.9 Å². The Morgan fingerprint density at radius 3 is 2.85 bits per heavy atom. The van der Waals surface area contributed by atoms with E-state index in [2.05, 4.69) is 22.0 Å². The van der Waals surface area contributed by atoms with E-state index >= 15 is 0 Å². The van der Waals surface area contributed by atoms with E-state index in [-0.39, 0.29) is 12.2 Å². The van der Waals surface area contributed by atoms with Crippen LogP contribution in [-0.4, -0.2) is 48.4 Å². The van der Waals surface area contributed by atoms with Gasteiger partial charge in [0.25, 0.3) is 0 Å². The van der Waals surface area contributed by atoms with Crippen LogP contribution in [0.15, 0.2) is 48.7 Å². The van der Waals surface area contributed by atoms with Gasteiger partial charge in [-0.1, -0.05) is 18.2 Å². The van der Waals surface area contributed by atoms with Crippen molar-refractivity contribution in [3.8, 4) is 5.75 Å². The van der Waals surface area contributed by atoms with Crippen LogP contribution < -0.4 is 4.74 Å². The second-order valence-corrected chi connectivity index (χ2v) is 6.99. The molecule has 0 spiro atoms. The summed E-state index contributed by atoms with van der Waals surface area (Å²) in [4.78, 5) is 6.86. The molecule has 5 nitrogen and oxygen atoms in total. The molecule has 4 rings (SSSR count). The number of aromatic nitrogens is 1. The second kappa shape index (κ2) is 8.16. The number of likely N-dealkylation sites (tertiary alicyclic amines) is 1. The Morgan fingerprint density at radius 2 is 2.08 bits per heavy atom. The van der Waals surface area contributed by atoms with Gasteiger partial charge in [-0.25, -0.2) is 0 Å². The van der Waals surface area contributed by atoms with Gasteiger partial charge in [-0.15, -0.1) is 0 Å². The van der Waals surface area contributed by atoms with Gasteiger partial charge in [0.15, 0.2) is 0 Å². The first-order valence-corrected chi connectivity index (χ1v) is 9.33. The standard InChI is InChI=1S/C21H26N2O3/c1-24-18-9-7-16(8-10-18)13-23-14-20(21-19(23)6-4-12-25-21)26-15-17-5-2-3-11-22-17/h2-3,5,7-11,19-21H,4,6,12-15H2,1H3/t19-,20+,21+/m0/s1. The summed E-state index contributed by atoms with van der Waals surface area (Å²) in [6.45, 7) is 3.18. The number of hydrogen-bond donors (Lipinski definition) is 0. The van der Waals surface area contributed by atoms with Gasteiger partial charge >= 0.3 is 0 Å². The van der Waals surface area contributed by atoms with Crippen molar-refractivity contribution in [2.75, 3.05) is 20.3 Å². The van der Waals surface area contributed by atoms with Gasteiger partial charge in [-0.3, -0.25) is 9.88 Å². The molecule has 2 fully saturated rings. The van der Waals surface area contributed by atoms with Crippen molar-refractivity contribution in [3.63, 3.8) is 0 Å². The molecule has 3 atom stereocenters. The molecule has 0 amide bonds. The van der Waals surface area contributed by atoms with Gasteiger partial charge in [0.05, 0.1) is 25.5 Å². The average molecular weight is 354 g/mol. The van der Waals surface area contributed by atoms with Crippen molar-refractivity contribution in [1.29, 1.82) is 0 Å². The van der Waals surface area contributed by atoms with Crippen LogP contribution >= 0.6 is 0 Å². The molecular formula is C21H26N2O3. The van der Waals surface area contributed by atoms with Crippen LogP contribution in [0.25, 0.3) is 0 Å². The number of rotatable bonds is 6. The predicted molar refractivity (Wildman–Crippen MR) is 99.0 cm³/mol. The maximum Gasteiger partial charge on any atom is 0.118 e. The van der Waals surface area contributed by atoms with Crippen LogP contribution in [0.2, 0.25) is 0 Å². The minimum absolute atomic E-state index is 0.0977. The molecule has 2 saturated heterocycles. The summed E-state index contributed by atoms with van der Waals surface area (Å²) in [5.41, 5.74) is 2.26. The number of nitrogens with zero attached hydrogens (tertiary/aromatic N) is 2. The molecule has 2 aliphatic rings. The van der Waals surface area contributed by atoms with E-state index in [1.54, 1.807) is 7.11 Å². The summed E-state index contributed by atoms with van der Waals surface area (Å²) in [7, 11) is 1.70. The third-order valence-corrected chi connectivity index (χ3v) is 5.30. The van der Waals surface area contributed by atoms with Gasteiger partial charge < -0.3 is 14.2 Å². The fourth-order valence-electron chi connectivity index (χ4n) is 3.97. The molecule has 138 valence electrons. The molecule has 5 heteroatoms. The van der Waals surface area contributed by atoms with Crippen LogP contribution in [0.3, 0.4) is 0 Å². The third kappa shape index (κ3) is 3.90. The summed E-state index contributed by atoms with van der Waals surface area (Å²) >= 11 is 0. The molecule has 1 aromatic heterocycles. The van der Waals surface area contributed by atoms with Crippen LogP contribution in [0, 0.1) is 0 Å². The Hall–Kier alpha value is -1.95. The molecule has 0 unspecified atom stereocenters. The number of methoxy groups -OCH3 is 1. The first-order valence-electron chi connectivity index (χ1n) is 9.33. The highest BCUT2D eigenvalue weighted by atomic mass is 16.5. The van der Waals surface area contributed by atoms with Crippen LogP contribution in [0.4, 0.5) is 0 Å². The number of fused-ring (bicyclic) bond motifs is 1. The van der Waals surface area contributed by atoms with E-state index in [4.69, 9.17) is 14.2 Å². The Balaban J connectivity index is 1.42. The largest absolute Gasteiger partial charge is 0.497 e. The minimum Gasteiger partial charge on any atom is -0.497 e. The van der Waals surface area contributed by atoms with E-state index < -0.39 is 0 Å². The molecule has 26 heavy (non-hydrogen) atoms. The quantitative estimate of drug-likeness (QED) is 0.798. The molecule has 0 radical (unpaired) electrons. The van der Waals surface area contributed by atoms with E-state index in [0.29, 0.717) is 12.6 Å². The molecular weight excluding hydrogens is 328 g/mol. The predicted octanol–water partition coefficient (Wildman–Crippen LogP) is 3.04. The van der Waals surface area contributed by atoms with Crippen molar-refractivity contribution in [2.24, 2.45) is 0 Å². The highest BCUT2D eigenvalue weighted by molar-refractivity contribution is 5.27. The molecule has 2 aromatic rings. The van der Waals surface area contributed by atoms with Crippen molar-refractivity contribution in [2.45, 2.75) is 44.2 Å². The van der Waals surface area contributed by atoms with Crippen LogP contribution in [0.1, 0.15) is 24.1 Å². The van der Waals surface area contributed by atoms with E-state index in [0.717, 1.165) is 37.6 Å². The highest BCUT2D eigenvalue weighted by Gasteiger charge is 2.44. The van der Waals surface area contributed by atoms with Crippen LogP contribution in [-0.2, 0) is 22.6 Å². The first-order chi connectivity index (χ1) is 12.8. The molecule has 2 aliphatic heterocycles. The summed E-state index contributed by atoms with van der Waals surface area (Å²) < 4.78 is 17.6. The highest BCUT2D eigenvalue weighted by Crippen LogP contribution is 2.32. The first kappa shape index (κ1) is 17.5. The van der Waals surface area contributed by atoms with Crippen molar-refractivity contribution in [1.82, 2.24) is 9.88 Å². The van der Waals surface area contributed by atoms with E-state index in [1.807, 2.05) is 36.5 Å². The van der Waals surface area contributed by atoms with Crippen LogP contribution in [0.5, 0.6) is 5.75 Å². The summed E-state index contributed by atoms with van der Waals surface area (Å²) in [5.74, 6) is 0.894. The van der Waals surface area contributed by atoms with Crippen molar-refractivity contribution < 1.29 is 14.2 Å². The maximum atomic E-state index is 6.21. The van der Waals surface area contributed by atoms with Gasteiger partial charge in [0, 0.05) is 31.9 Å². The minimum atomic E-state index is 0.0977. The smallest absolute Gasteiger partial charge is 0.118 e.